The maximum Gasteiger partial charge on any atom is 0.321 e. The van der Waals surface area contributed by atoms with Crippen LogP contribution in [-0.2, 0) is 4.79 Å². The largest absolute Gasteiger partial charge is 0.338 e. The van der Waals surface area contributed by atoms with Crippen LogP contribution in [0, 0.1) is 0 Å². The summed E-state index contributed by atoms with van der Waals surface area (Å²) in [6.07, 6.45) is 2.00. The van der Waals surface area contributed by atoms with Crippen LogP contribution in [0.2, 0.25) is 0 Å². The third kappa shape index (κ3) is 5.20. The van der Waals surface area contributed by atoms with Gasteiger partial charge in [-0.05, 0) is 33.2 Å². The molecule has 7 heteroatoms. The summed E-state index contributed by atoms with van der Waals surface area (Å²) >= 11 is 0. The lowest BCUT2D eigenvalue weighted by Crippen LogP contribution is -2.54. The predicted octanol–water partition coefficient (Wildman–Crippen LogP) is 0.0655. The standard InChI is InChI=1S/C11H22N4O2.ClH/c1-3-13-11(17)14-10(16)8(2)15-6-4-5-9(12)7-15;/h8-9H,3-7,12H2,1-2H3,(H2,13,14,16,17);1H. The molecule has 0 aromatic carbocycles. The van der Waals surface area contributed by atoms with E-state index >= 15 is 0 Å². The Morgan fingerprint density at radius 3 is 2.72 bits per heavy atom. The first-order valence-electron chi connectivity index (χ1n) is 6.13. The van der Waals surface area contributed by atoms with E-state index in [9.17, 15) is 9.59 Å². The Hall–Kier alpha value is -0.850. The van der Waals surface area contributed by atoms with Gasteiger partial charge in [0, 0.05) is 19.1 Å². The molecule has 0 radical (unpaired) electrons. The average Bonchev–Trinajstić information content (AvgIpc) is 2.28. The van der Waals surface area contributed by atoms with Gasteiger partial charge in [0.05, 0.1) is 6.04 Å². The highest BCUT2D eigenvalue weighted by Gasteiger charge is 2.26. The SMILES string of the molecule is CCNC(=O)NC(=O)C(C)N1CCCC(N)C1.Cl. The minimum Gasteiger partial charge on any atom is -0.338 e. The number of urea groups is 1. The van der Waals surface area contributed by atoms with Crippen LogP contribution in [-0.4, -0.2) is 48.6 Å². The van der Waals surface area contributed by atoms with E-state index in [4.69, 9.17) is 5.73 Å². The van der Waals surface area contributed by atoms with Crippen molar-refractivity contribution in [3.8, 4) is 0 Å². The Bertz CT molecular complexity index is 288. The number of hydrogen-bond acceptors (Lipinski definition) is 4. The number of imide groups is 1. The van der Waals surface area contributed by atoms with Crippen LogP contribution >= 0.6 is 12.4 Å². The van der Waals surface area contributed by atoms with Crippen LogP contribution in [0.15, 0.2) is 0 Å². The summed E-state index contributed by atoms with van der Waals surface area (Å²) in [6.45, 7) is 5.67. The molecule has 0 spiro atoms. The zero-order valence-corrected chi connectivity index (χ0v) is 11.8. The number of nitrogens with one attached hydrogen (secondary N) is 2. The monoisotopic (exact) mass is 278 g/mol. The molecule has 2 unspecified atom stereocenters. The lowest BCUT2D eigenvalue weighted by Gasteiger charge is -2.34. The van der Waals surface area contributed by atoms with Gasteiger partial charge in [-0.2, -0.15) is 0 Å². The number of hydrogen-bond donors (Lipinski definition) is 3. The van der Waals surface area contributed by atoms with Crippen LogP contribution in [0.3, 0.4) is 0 Å². The van der Waals surface area contributed by atoms with Gasteiger partial charge in [0.25, 0.3) is 0 Å². The second kappa shape index (κ2) is 8.29. The van der Waals surface area contributed by atoms with Crippen molar-refractivity contribution in [2.75, 3.05) is 19.6 Å². The van der Waals surface area contributed by atoms with Gasteiger partial charge in [0.15, 0.2) is 0 Å². The zero-order valence-electron chi connectivity index (χ0n) is 10.9. The average molecular weight is 279 g/mol. The Morgan fingerprint density at radius 2 is 2.17 bits per heavy atom. The van der Waals surface area contributed by atoms with E-state index in [0.717, 1.165) is 19.4 Å². The summed E-state index contributed by atoms with van der Waals surface area (Å²) in [5.41, 5.74) is 5.86. The molecule has 0 aromatic rings. The van der Waals surface area contributed by atoms with Crippen molar-refractivity contribution in [2.45, 2.75) is 38.8 Å². The van der Waals surface area contributed by atoms with Crippen molar-refractivity contribution >= 4 is 24.3 Å². The Morgan fingerprint density at radius 1 is 1.50 bits per heavy atom. The second-order valence-electron chi connectivity index (χ2n) is 4.42. The number of amides is 3. The Balaban J connectivity index is 0.00000289. The van der Waals surface area contributed by atoms with Gasteiger partial charge in [0.2, 0.25) is 5.91 Å². The van der Waals surface area contributed by atoms with E-state index in [0.29, 0.717) is 13.1 Å². The molecule has 1 fully saturated rings. The quantitative estimate of drug-likeness (QED) is 0.682. The summed E-state index contributed by atoms with van der Waals surface area (Å²) < 4.78 is 0. The second-order valence-corrected chi connectivity index (χ2v) is 4.42. The Kier molecular flexibility index (Phi) is 7.90. The molecule has 2 atom stereocenters. The molecule has 4 N–H and O–H groups in total. The van der Waals surface area contributed by atoms with Crippen LogP contribution in [0.4, 0.5) is 4.79 Å². The molecular weight excluding hydrogens is 256 g/mol. The first-order chi connectivity index (χ1) is 8.04. The minimum atomic E-state index is -0.439. The molecule has 0 bridgehead atoms. The van der Waals surface area contributed by atoms with Gasteiger partial charge in [-0.1, -0.05) is 0 Å². The maximum atomic E-state index is 11.8. The van der Waals surface area contributed by atoms with Crippen LogP contribution in [0.5, 0.6) is 0 Å². The number of rotatable bonds is 3. The number of nitrogens with two attached hydrogens (primary N) is 1. The van der Waals surface area contributed by atoms with E-state index in [2.05, 4.69) is 10.6 Å². The third-order valence-electron chi connectivity index (χ3n) is 2.99. The van der Waals surface area contributed by atoms with E-state index in [1.54, 1.807) is 13.8 Å². The fourth-order valence-electron chi connectivity index (χ4n) is 1.98. The minimum absolute atomic E-state index is 0. The highest BCUT2D eigenvalue weighted by atomic mass is 35.5. The number of nitrogens with zero attached hydrogens (tertiary/aromatic N) is 1. The predicted molar refractivity (Wildman–Crippen MR) is 72.7 cm³/mol. The van der Waals surface area contributed by atoms with Crippen molar-refractivity contribution in [1.29, 1.82) is 0 Å². The fourth-order valence-corrected chi connectivity index (χ4v) is 1.98. The number of likely N-dealkylation sites (tertiary alicyclic amines) is 1. The molecule has 18 heavy (non-hydrogen) atoms. The molecule has 106 valence electrons. The van der Waals surface area contributed by atoms with Crippen molar-refractivity contribution in [1.82, 2.24) is 15.5 Å². The third-order valence-corrected chi connectivity index (χ3v) is 2.99. The van der Waals surface area contributed by atoms with Gasteiger partial charge < -0.3 is 11.1 Å². The summed E-state index contributed by atoms with van der Waals surface area (Å²) in [4.78, 5) is 25.0. The molecular formula is C11H23ClN4O2. The number of halogens is 1. The molecule has 1 aliphatic heterocycles. The number of piperidine rings is 1. The lowest BCUT2D eigenvalue weighted by molar-refractivity contribution is -0.125. The van der Waals surface area contributed by atoms with Gasteiger partial charge in [-0.15, -0.1) is 12.4 Å². The van der Waals surface area contributed by atoms with Crippen molar-refractivity contribution in [3.05, 3.63) is 0 Å². The van der Waals surface area contributed by atoms with Gasteiger partial charge >= 0.3 is 6.03 Å². The highest BCUT2D eigenvalue weighted by molar-refractivity contribution is 5.96. The first-order valence-corrected chi connectivity index (χ1v) is 6.13. The number of carbonyl (C=O) groups is 2. The van der Waals surface area contributed by atoms with Crippen molar-refractivity contribution in [3.63, 3.8) is 0 Å². The van der Waals surface area contributed by atoms with Crippen LogP contribution in [0.1, 0.15) is 26.7 Å². The van der Waals surface area contributed by atoms with E-state index < -0.39 is 6.03 Å². The molecule has 0 aromatic heterocycles. The summed E-state index contributed by atoms with van der Waals surface area (Å²) in [5.74, 6) is -0.273. The van der Waals surface area contributed by atoms with E-state index in [1.807, 2.05) is 4.90 Å². The molecule has 3 amide bonds. The van der Waals surface area contributed by atoms with Gasteiger partial charge in [0.1, 0.15) is 0 Å². The normalized spacial score (nSPS) is 21.6. The molecule has 6 nitrogen and oxygen atoms in total. The topological polar surface area (TPSA) is 87.5 Å². The smallest absolute Gasteiger partial charge is 0.321 e. The van der Waals surface area contributed by atoms with E-state index in [1.165, 1.54) is 0 Å². The van der Waals surface area contributed by atoms with Crippen LogP contribution in [0.25, 0.3) is 0 Å². The highest BCUT2D eigenvalue weighted by Crippen LogP contribution is 2.11. The fraction of sp³-hybridized carbons (Fsp3) is 0.818. The Labute approximate surface area is 114 Å². The first kappa shape index (κ1) is 17.2. The van der Waals surface area contributed by atoms with E-state index in [-0.39, 0.29) is 30.4 Å². The van der Waals surface area contributed by atoms with Crippen molar-refractivity contribution in [2.24, 2.45) is 5.73 Å². The van der Waals surface area contributed by atoms with Gasteiger partial charge in [-0.3, -0.25) is 15.0 Å². The molecule has 1 aliphatic rings. The van der Waals surface area contributed by atoms with Crippen LogP contribution < -0.4 is 16.4 Å². The summed E-state index contributed by atoms with van der Waals surface area (Å²) in [6, 6.07) is -0.627. The summed E-state index contributed by atoms with van der Waals surface area (Å²) in [7, 11) is 0. The lowest BCUT2D eigenvalue weighted by atomic mass is 10.0. The zero-order chi connectivity index (χ0) is 12.8. The van der Waals surface area contributed by atoms with Gasteiger partial charge in [-0.25, -0.2) is 4.79 Å². The maximum absolute atomic E-state index is 11.8. The molecule has 1 saturated heterocycles. The molecule has 0 saturated carbocycles. The number of carbonyl (C=O) groups excluding carboxylic acids is 2. The summed E-state index contributed by atoms with van der Waals surface area (Å²) in [5, 5.41) is 4.85. The van der Waals surface area contributed by atoms with Crippen molar-refractivity contribution < 1.29 is 9.59 Å². The molecule has 1 rings (SSSR count). The molecule has 1 heterocycles. The molecule has 0 aliphatic carbocycles.